The molecule has 0 atom stereocenters. The normalized spacial score (nSPS) is 12.2. The molecule has 2 aromatic rings. The molecule has 0 aliphatic carbocycles. The van der Waals surface area contributed by atoms with Crippen LogP contribution in [0.15, 0.2) is 24.4 Å². The number of aromatic nitrogens is 1. The van der Waals surface area contributed by atoms with E-state index in [9.17, 15) is 12.8 Å². The molecule has 0 bridgehead atoms. The Morgan fingerprint density at radius 2 is 2.07 bits per heavy atom. The van der Waals surface area contributed by atoms with Crippen LogP contribution in [0.3, 0.4) is 0 Å². The van der Waals surface area contributed by atoms with Gasteiger partial charge in [0.2, 0.25) is 10.0 Å². The molecule has 0 saturated carbocycles. The van der Waals surface area contributed by atoms with Crippen molar-refractivity contribution in [3.63, 3.8) is 0 Å². The smallest absolute Gasteiger partial charge is 0.236 e. The Bertz CT molecular complexity index is 633. The van der Waals surface area contributed by atoms with E-state index in [1.54, 1.807) is 6.07 Å². The molecule has 15 heavy (non-hydrogen) atoms. The van der Waals surface area contributed by atoms with E-state index in [0.717, 1.165) is 19.2 Å². The highest BCUT2D eigenvalue weighted by atomic mass is 127. The van der Waals surface area contributed by atoms with E-state index in [0.29, 0.717) is 5.52 Å². The molecule has 0 radical (unpaired) electrons. The highest BCUT2D eigenvalue weighted by Crippen LogP contribution is 2.24. The van der Waals surface area contributed by atoms with Crippen LogP contribution < -0.4 is 0 Å². The molecule has 0 aliphatic heterocycles. The van der Waals surface area contributed by atoms with E-state index < -0.39 is 15.8 Å². The third-order valence-electron chi connectivity index (χ3n) is 2.04. The molecule has 1 heterocycles. The second-order valence-corrected chi connectivity index (χ2v) is 6.22. The molecule has 80 valence electrons. The fourth-order valence-corrected chi connectivity index (χ4v) is 3.13. The summed E-state index contributed by atoms with van der Waals surface area (Å²) in [6.07, 6.45) is 2.58. The van der Waals surface area contributed by atoms with Crippen LogP contribution in [0.5, 0.6) is 0 Å². The standard InChI is InChI=1S/C9H7FINO2S/c1-15(13,14)12-5-8(11)7-3-2-6(10)4-9(7)12/h2-5H,1H3. The van der Waals surface area contributed by atoms with Gasteiger partial charge in [-0.3, -0.25) is 0 Å². The number of benzene rings is 1. The third kappa shape index (κ3) is 1.87. The van der Waals surface area contributed by atoms with Gasteiger partial charge >= 0.3 is 0 Å². The van der Waals surface area contributed by atoms with Crippen molar-refractivity contribution < 1.29 is 12.8 Å². The lowest BCUT2D eigenvalue weighted by Gasteiger charge is -2.00. The van der Waals surface area contributed by atoms with Crippen molar-refractivity contribution in [2.45, 2.75) is 0 Å². The highest BCUT2D eigenvalue weighted by molar-refractivity contribution is 14.1. The minimum Gasteiger partial charge on any atom is -0.244 e. The molecule has 0 fully saturated rings. The Morgan fingerprint density at radius 3 is 2.67 bits per heavy atom. The zero-order valence-corrected chi connectivity index (χ0v) is 10.7. The van der Waals surface area contributed by atoms with Gasteiger partial charge < -0.3 is 0 Å². The monoisotopic (exact) mass is 339 g/mol. The number of hydrogen-bond acceptors (Lipinski definition) is 2. The molecule has 0 unspecified atom stereocenters. The molecule has 0 spiro atoms. The minimum absolute atomic E-state index is 0.377. The van der Waals surface area contributed by atoms with Crippen LogP contribution in [0.4, 0.5) is 4.39 Å². The van der Waals surface area contributed by atoms with E-state index in [-0.39, 0.29) is 0 Å². The second kappa shape index (κ2) is 3.44. The molecule has 1 aromatic carbocycles. The van der Waals surface area contributed by atoms with E-state index in [2.05, 4.69) is 0 Å². The number of hydrogen-bond donors (Lipinski definition) is 0. The number of nitrogens with zero attached hydrogens (tertiary/aromatic N) is 1. The third-order valence-corrected chi connectivity index (χ3v) is 3.92. The molecular formula is C9H7FINO2S. The molecule has 3 nitrogen and oxygen atoms in total. The lowest BCUT2D eigenvalue weighted by Crippen LogP contribution is -2.08. The van der Waals surface area contributed by atoms with Crippen molar-refractivity contribution in [3.8, 4) is 0 Å². The predicted octanol–water partition coefficient (Wildman–Crippen LogP) is 2.19. The van der Waals surface area contributed by atoms with E-state index in [4.69, 9.17) is 0 Å². The summed E-state index contributed by atoms with van der Waals surface area (Å²) in [5.74, 6) is -0.443. The van der Waals surface area contributed by atoms with Crippen molar-refractivity contribution in [3.05, 3.63) is 33.8 Å². The van der Waals surface area contributed by atoms with E-state index >= 15 is 0 Å². The minimum atomic E-state index is -3.38. The summed E-state index contributed by atoms with van der Waals surface area (Å²) in [5.41, 5.74) is 0.377. The fraction of sp³-hybridized carbons (Fsp3) is 0.111. The van der Waals surface area contributed by atoms with Crippen molar-refractivity contribution in [2.24, 2.45) is 0 Å². The van der Waals surface area contributed by atoms with Gasteiger partial charge in [-0.15, -0.1) is 0 Å². The van der Waals surface area contributed by atoms with Crippen molar-refractivity contribution in [1.29, 1.82) is 0 Å². The first kappa shape index (κ1) is 10.9. The van der Waals surface area contributed by atoms with Gasteiger partial charge in [0.25, 0.3) is 0 Å². The highest BCUT2D eigenvalue weighted by Gasteiger charge is 2.13. The molecule has 0 saturated heterocycles. The lowest BCUT2D eigenvalue weighted by atomic mass is 10.2. The van der Waals surface area contributed by atoms with Crippen LogP contribution in [-0.2, 0) is 10.0 Å². The first-order valence-corrected chi connectivity index (χ1v) is 6.99. The maximum atomic E-state index is 13.0. The average molecular weight is 339 g/mol. The van der Waals surface area contributed by atoms with Crippen LogP contribution >= 0.6 is 22.6 Å². The molecule has 1 aromatic heterocycles. The lowest BCUT2D eigenvalue weighted by molar-refractivity contribution is 0.595. The maximum Gasteiger partial charge on any atom is 0.236 e. The number of halogens is 2. The Morgan fingerprint density at radius 1 is 1.40 bits per heavy atom. The molecule has 6 heteroatoms. The average Bonchev–Trinajstić information content (AvgIpc) is 2.42. The summed E-state index contributed by atoms with van der Waals surface area (Å²) in [7, 11) is -3.38. The molecular weight excluding hydrogens is 332 g/mol. The summed E-state index contributed by atoms with van der Waals surface area (Å²) in [5, 5.41) is 0.738. The second-order valence-electron chi connectivity index (χ2n) is 3.20. The summed E-state index contributed by atoms with van der Waals surface area (Å²) >= 11 is 2.02. The zero-order valence-electron chi connectivity index (χ0n) is 7.74. The van der Waals surface area contributed by atoms with Gasteiger partial charge in [-0.2, -0.15) is 0 Å². The van der Waals surface area contributed by atoms with Gasteiger partial charge in [-0.1, -0.05) is 0 Å². The summed E-state index contributed by atoms with van der Waals surface area (Å²) in [4.78, 5) is 0. The zero-order chi connectivity index (χ0) is 11.2. The van der Waals surface area contributed by atoms with Gasteiger partial charge in [0.1, 0.15) is 5.82 Å². The molecule has 0 amide bonds. The molecule has 0 aliphatic rings. The van der Waals surface area contributed by atoms with Gasteiger partial charge in [0, 0.05) is 15.2 Å². The Kier molecular flexibility index (Phi) is 2.50. The summed E-state index contributed by atoms with van der Waals surface area (Å²) < 4.78 is 37.7. The Balaban J connectivity index is 2.94. The fourth-order valence-electron chi connectivity index (χ4n) is 1.41. The first-order valence-electron chi connectivity index (χ1n) is 4.06. The van der Waals surface area contributed by atoms with Gasteiger partial charge in [-0.25, -0.2) is 16.8 Å². The first-order chi connectivity index (χ1) is 6.89. The van der Waals surface area contributed by atoms with Crippen molar-refractivity contribution in [1.82, 2.24) is 3.97 Å². The largest absolute Gasteiger partial charge is 0.244 e. The van der Waals surface area contributed by atoms with Crippen LogP contribution in [0, 0.1) is 9.39 Å². The van der Waals surface area contributed by atoms with Crippen molar-refractivity contribution >= 4 is 43.5 Å². The maximum absolute atomic E-state index is 13.0. The topological polar surface area (TPSA) is 39.1 Å². The Hall–Kier alpha value is -0.630. The predicted molar refractivity (Wildman–Crippen MR) is 64.9 cm³/mol. The Labute approximate surface area is 100 Å². The molecule has 2 rings (SSSR count). The quantitative estimate of drug-likeness (QED) is 0.748. The van der Waals surface area contributed by atoms with Gasteiger partial charge in [0.05, 0.1) is 11.8 Å². The van der Waals surface area contributed by atoms with Crippen molar-refractivity contribution in [2.75, 3.05) is 6.26 Å². The van der Waals surface area contributed by atoms with Gasteiger partial charge in [0.15, 0.2) is 0 Å². The van der Waals surface area contributed by atoms with Crippen LogP contribution in [0.25, 0.3) is 10.9 Å². The number of rotatable bonds is 1. The van der Waals surface area contributed by atoms with Crippen LogP contribution in [0.1, 0.15) is 0 Å². The SMILES string of the molecule is CS(=O)(=O)n1cc(I)c2ccc(F)cc21. The summed E-state index contributed by atoms with van der Waals surface area (Å²) in [6.45, 7) is 0. The van der Waals surface area contributed by atoms with E-state index in [1.807, 2.05) is 22.6 Å². The molecule has 0 N–H and O–H groups in total. The van der Waals surface area contributed by atoms with Crippen LogP contribution in [-0.4, -0.2) is 18.6 Å². The number of fused-ring (bicyclic) bond motifs is 1. The summed E-state index contributed by atoms with van der Waals surface area (Å²) in [6, 6.07) is 4.11. The van der Waals surface area contributed by atoms with E-state index in [1.165, 1.54) is 18.3 Å². The van der Waals surface area contributed by atoms with Crippen LogP contribution in [0.2, 0.25) is 0 Å². The van der Waals surface area contributed by atoms with Gasteiger partial charge in [-0.05, 0) is 40.8 Å².